The third-order valence-electron chi connectivity index (χ3n) is 5.48. The maximum atomic E-state index is 11.7. The maximum Gasteiger partial charge on any atom is 0.298 e. The lowest BCUT2D eigenvalue weighted by atomic mass is 10.1. The predicted molar refractivity (Wildman–Crippen MR) is 123 cm³/mol. The van der Waals surface area contributed by atoms with Gasteiger partial charge in [-0.25, -0.2) is 9.50 Å². The summed E-state index contributed by atoms with van der Waals surface area (Å²) in [4.78, 5) is 20.1. The van der Waals surface area contributed by atoms with E-state index in [-0.39, 0.29) is 5.91 Å². The average molecular weight is 444 g/mol. The van der Waals surface area contributed by atoms with Crippen molar-refractivity contribution in [2.24, 2.45) is 0 Å². The molecule has 1 aliphatic rings. The molecule has 0 bridgehead atoms. The minimum Gasteiger partial charge on any atom is -0.490 e. The van der Waals surface area contributed by atoms with Gasteiger partial charge in [-0.15, -0.1) is 6.42 Å². The van der Waals surface area contributed by atoms with Gasteiger partial charge in [-0.3, -0.25) is 4.79 Å². The molecule has 1 fully saturated rings. The molecule has 0 N–H and O–H groups in total. The van der Waals surface area contributed by atoms with Gasteiger partial charge in [-0.2, -0.15) is 10.4 Å². The highest BCUT2D eigenvalue weighted by atomic mass is 16.5. The highest BCUT2D eigenvalue weighted by Crippen LogP contribution is 2.31. The second-order valence-corrected chi connectivity index (χ2v) is 7.43. The van der Waals surface area contributed by atoms with Crippen LogP contribution in [0.5, 0.6) is 5.75 Å². The molecule has 0 spiro atoms. The Morgan fingerprint density at radius 3 is 2.70 bits per heavy atom. The Balaban J connectivity index is 1.58. The summed E-state index contributed by atoms with van der Waals surface area (Å²) in [5.74, 6) is 3.34. The number of pyridine rings is 2. The Bertz CT molecular complexity index is 1210. The van der Waals surface area contributed by atoms with Crippen LogP contribution in [0, 0.1) is 23.7 Å². The van der Waals surface area contributed by atoms with Crippen molar-refractivity contribution >= 4 is 17.2 Å². The average Bonchev–Trinajstić information content (AvgIpc) is 3.29. The molecule has 0 radical (unpaired) electrons. The monoisotopic (exact) mass is 444 g/mol. The van der Waals surface area contributed by atoms with Gasteiger partial charge in [0, 0.05) is 50.1 Å². The smallest absolute Gasteiger partial charge is 0.298 e. The van der Waals surface area contributed by atoms with Crippen LogP contribution in [0.25, 0.3) is 16.6 Å². The van der Waals surface area contributed by atoms with E-state index in [9.17, 15) is 10.1 Å². The number of rotatable bonds is 7. The van der Waals surface area contributed by atoms with E-state index in [1.807, 2.05) is 25.1 Å². The molecule has 0 atom stereocenters. The predicted octanol–water partition coefficient (Wildman–Crippen LogP) is 1.97. The van der Waals surface area contributed by atoms with Crippen molar-refractivity contribution in [2.75, 3.05) is 50.9 Å². The molecule has 168 valence electrons. The number of hydrogen-bond acceptors (Lipinski definition) is 7. The number of fused-ring (bicyclic) bond motifs is 1. The summed E-state index contributed by atoms with van der Waals surface area (Å²) in [6, 6.07) is 8.00. The number of nitriles is 1. The Hall–Kier alpha value is -4.08. The number of carbonyl (C=O) groups is 1. The number of piperazine rings is 1. The largest absolute Gasteiger partial charge is 0.490 e. The molecule has 0 unspecified atom stereocenters. The molecule has 0 aromatic carbocycles. The van der Waals surface area contributed by atoms with Crippen molar-refractivity contribution in [2.45, 2.75) is 6.92 Å². The van der Waals surface area contributed by atoms with E-state index in [4.69, 9.17) is 15.9 Å². The molecular weight excluding hydrogens is 420 g/mol. The van der Waals surface area contributed by atoms with Crippen molar-refractivity contribution in [1.29, 1.82) is 5.26 Å². The summed E-state index contributed by atoms with van der Waals surface area (Å²) in [5.41, 5.74) is 2.83. The third kappa shape index (κ3) is 4.74. The SMILES string of the molecule is C#CC(=O)N1CCN(c2ccc(-c3cc(OCCOCC)cn4ncc(C#N)c34)cn2)CC1. The van der Waals surface area contributed by atoms with E-state index < -0.39 is 0 Å². The van der Waals surface area contributed by atoms with Crippen LogP contribution in [0.4, 0.5) is 5.82 Å². The first kappa shape index (κ1) is 22.1. The number of ether oxygens (including phenoxy) is 2. The number of aromatic nitrogens is 3. The zero-order chi connectivity index (χ0) is 23.2. The van der Waals surface area contributed by atoms with Gasteiger partial charge in [0.15, 0.2) is 0 Å². The van der Waals surface area contributed by atoms with Crippen molar-refractivity contribution in [3.63, 3.8) is 0 Å². The van der Waals surface area contributed by atoms with Crippen LogP contribution in [0.3, 0.4) is 0 Å². The molecule has 9 heteroatoms. The number of hydrogen-bond donors (Lipinski definition) is 0. The quantitative estimate of drug-likeness (QED) is 0.406. The first-order chi connectivity index (χ1) is 16.1. The summed E-state index contributed by atoms with van der Waals surface area (Å²) in [6.07, 6.45) is 10.3. The summed E-state index contributed by atoms with van der Waals surface area (Å²) >= 11 is 0. The Morgan fingerprint density at radius 1 is 1.21 bits per heavy atom. The normalized spacial score (nSPS) is 13.5. The number of anilines is 1. The van der Waals surface area contributed by atoms with Gasteiger partial charge >= 0.3 is 0 Å². The fourth-order valence-electron chi connectivity index (χ4n) is 3.80. The van der Waals surface area contributed by atoms with Crippen LogP contribution >= 0.6 is 0 Å². The van der Waals surface area contributed by atoms with Crippen LogP contribution in [0.1, 0.15) is 12.5 Å². The summed E-state index contributed by atoms with van der Waals surface area (Å²) < 4.78 is 12.8. The molecule has 3 aromatic heterocycles. The molecule has 0 saturated carbocycles. The van der Waals surface area contributed by atoms with Crippen molar-refractivity contribution < 1.29 is 14.3 Å². The van der Waals surface area contributed by atoms with E-state index in [0.29, 0.717) is 62.8 Å². The lowest BCUT2D eigenvalue weighted by Gasteiger charge is -2.34. The molecular formula is C24H24N6O3. The van der Waals surface area contributed by atoms with E-state index in [1.165, 1.54) is 0 Å². The van der Waals surface area contributed by atoms with Gasteiger partial charge in [0.05, 0.1) is 30.1 Å². The molecule has 0 aliphatic carbocycles. The second-order valence-electron chi connectivity index (χ2n) is 7.43. The summed E-state index contributed by atoms with van der Waals surface area (Å²) in [6.45, 7) is 5.92. The van der Waals surface area contributed by atoms with Gasteiger partial charge in [0.2, 0.25) is 0 Å². The lowest BCUT2D eigenvalue weighted by molar-refractivity contribution is -0.125. The van der Waals surface area contributed by atoms with Crippen molar-refractivity contribution in [3.05, 3.63) is 42.4 Å². The molecule has 1 amide bonds. The Morgan fingerprint density at radius 2 is 2.03 bits per heavy atom. The molecule has 4 rings (SSSR count). The molecule has 4 heterocycles. The fraction of sp³-hybridized carbons (Fsp3) is 0.333. The Labute approximate surface area is 192 Å². The van der Waals surface area contributed by atoms with Crippen LogP contribution < -0.4 is 9.64 Å². The van der Waals surface area contributed by atoms with E-state index >= 15 is 0 Å². The first-order valence-electron chi connectivity index (χ1n) is 10.7. The number of terminal acetylenes is 1. The highest BCUT2D eigenvalue weighted by Gasteiger charge is 2.21. The summed E-state index contributed by atoms with van der Waals surface area (Å²) in [7, 11) is 0. The van der Waals surface area contributed by atoms with Crippen molar-refractivity contribution in [1.82, 2.24) is 19.5 Å². The van der Waals surface area contributed by atoms with Gasteiger partial charge in [-0.05, 0) is 31.0 Å². The second kappa shape index (κ2) is 10.0. The molecule has 1 aliphatic heterocycles. The standard InChI is InChI=1S/C24H24N6O3/c1-3-23(31)29-9-7-28(8-10-29)22-6-5-18(15-26-22)21-13-20(33-12-11-32-4-2)17-30-24(21)19(14-25)16-27-30/h1,5-6,13,15-17H,4,7-12H2,2H3. The van der Waals surface area contributed by atoms with Crippen LogP contribution in [0.15, 0.2) is 36.8 Å². The van der Waals surface area contributed by atoms with Gasteiger partial charge < -0.3 is 19.3 Å². The minimum absolute atomic E-state index is 0.278. The number of carbonyl (C=O) groups excluding carboxylic acids is 1. The minimum atomic E-state index is -0.278. The molecule has 1 saturated heterocycles. The number of amides is 1. The van der Waals surface area contributed by atoms with Crippen LogP contribution in [-0.2, 0) is 9.53 Å². The molecule has 3 aromatic rings. The van der Waals surface area contributed by atoms with Gasteiger partial charge in [0.1, 0.15) is 24.2 Å². The van der Waals surface area contributed by atoms with E-state index in [0.717, 1.165) is 16.9 Å². The van der Waals surface area contributed by atoms with E-state index in [1.54, 1.807) is 28.0 Å². The van der Waals surface area contributed by atoms with Crippen LogP contribution in [-0.4, -0.2) is 71.4 Å². The Kier molecular flexibility index (Phi) is 6.72. The van der Waals surface area contributed by atoms with Gasteiger partial charge in [-0.1, -0.05) is 0 Å². The highest BCUT2D eigenvalue weighted by molar-refractivity contribution is 5.93. The molecule has 9 nitrogen and oxygen atoms in total. The third-order valence-corrected chi connectivity index (χ3v) is 5.48. The maximum absolute atomic E-state index is 11.7. The topological polar surface area (TPSA) is 96.0 Å². The first-order valence-corrected chi connectivity index (χ1v) is 10.7. The lowest BCUT2D eigenvalue weighted by Crippen LogP contribution is -2.48. The zero-order valence-electron chi connectivity index (χ0n) is 18.4. The van der Waals surface area contributed by atoms with Crippen LogP contribution in [0.2, 0.25) is 0 Å². The number of nitrogens with zero attached hydrogens (tertiary/aromatic N) is 6. The summed E-state index contributed by atoms with van der Waals surface area (Å²) in [5, 5.41) is 13.9. The molecule has 33 heavy (non-hydrogen) atoms. The fourth-order valence-corrected chi connectivity index (χ4v) is 3.80. The van der Waals surface area contributed by atoms with Gasteiger partial charge in [0.25, 0.3) is 5.91 Å². The zero-order valence-corrected chi connectivity index (χ0v) is 18.4. The van der Waals surface area contributed by atoms with E-state index in [2.05, 4.69) is 27.0 Å². The van der Waals surface area contributed by atoms with Crippen molar-refractivity contribution in [3.8, 4) is 35.3 Å².